The summed E-state index contributed by atoms with van der Waals surface area (Å²) in [6.07, 6.45) is 3.24. The second kappa shape index (κ2) is 9.77. The molecule has 0 spiro atoms. The van der Waals surface area contributed by atoms with Crippen molar-refractivity contribution in [2.45, 2.75) is 6.54 Å². The largest absolute Gasteiger partial charge is 0.760 e. The molecule has 1 atom stereocenters. The minimum absolute atomic E-state index is 0.190. The number of nitrogens with one attached hydrogen (secondary N) is 1. The van der Waals surface area contributed by atoms with E-state index in [1.165, 1.54) is 0 Å². The monoisotopic (exact) mass is 476 g/mol. The summed E-state index contributed by atoms with van der Waals surface area (Å²) < 4.78 is 29.6. The van der Waals surface area contributed by atoms with Gasteiger partial charge in [-0.05, 0) is 34.9 Å². The number of fused-ring (bicyclic) bond motifs is 1. The molecule has 1 fully saturated rings. The van der Waals surface area contributed by atoms with Crippen LogP contribution in [0.2, 0.25) is 0 Å². The highest BCUT2D eigenvalue weighted by atomic mass is 32.2. The lowest BCUT2D eigenvalue weighted by Crippen LogP contribution is -2.37. The van der Waals surface area contributed by atoms with Crippen LogP contribution in [0, 0.1) is 0 Å². The number of hydrogen-bond donors (Lipinski definition) is 2. The maximum absolute atomic E-state index is 10.9. The molecule has 0 saturated carbocycles. The first-order chi connectivity index (χ1) is 16.6. The Morgan fingerprint density at radius 3 is 2.56 bits per heavy atom. The van der Waals surface area contributed by atoms with Crippen molar-refractivity contribution in [3.8, 4) is 22.5 Å². The molecule has 3 heterocycles. The van der Waals surface area contributed by atoms with Crippen LogP contribution in [0.15, 0.2) is 54.9 Å². The third-order valence-corrected chi connectivity index (χ3v) is 5.95. The number of nitrogen functional groups attached to an aromatic ring is 1. The summed E-state index contributed by atoms with van der Waals surface area (Å²) in [4.78, 5) is 20.0. The number of rotatable bonds is 6. The number of nitrogens with zero attached hydrogens (tertiary/aromatic N) is 5. The maximum Gasteiger partial charge on any atom is 0.219 e. The molecule has 1 saturated heterocycles. The van der Waals surface area contributed by atoms with E-state index in [9.17, 15) is 8.76 Å². The third-order valence-electron chi connectivity index (χ3n) is 5.57. The van der Waals surface area contributed by atoms with Crippen LogP contribution in [0.25, 0.3) is 33.4 Å². The van der Waals surface area contributed by atoms with Gasteiger partial charge in [0.05, 0.1) is 24.3 Å². The van der Waals surface area contributed by atoms with Gasteiger partial charge in [-0.3, -0.25) is 4.21 Å². The molecule has 0 aliphatic carbocycles. The molecule has 5 rings (SSSR count). The Morgan fingerprint density at radius 2 is 1.79 bits per heavy atom. The molecule has 1 unspecified atom stereocenters. The van der Waals surface area contributed by atoms with Crippen LogP contribution in [-0.2, 0) is 22.5 Å². The summed E-state index contributed by atoms with van der Waals surface area (Å²) in [5, 5.41) is 0.935. The molecule has 1 aliphatic rings. The van der Waals surface area contributed by atoms with E-state index in [1.54, 1.807) is 12.4 Å². The first-order valence-electron chi connectivity index (χ1n) is 10.7. The molecule has 11 heteroatoms. The molecule has 10 nitrogen and oxygen atoms in total. The summed E-state index contributed by atoms with van der Waals surface area (Å²) in [5.41, 5.74) is 9.89. The van der Waals surface area contributed by atoms with Gasteiger partial charge in [0.2, 0.25) is 5.95 Å². The predicted molar refractivity (Wildman–Crippen MR) is 129 cm³/mol. The van der Waals surface area contributed by atoms with Crippen LogP contribution < -0.4 is 15.4 Å². The number of hydrogen-bond acceptors (Lipinski definition) is 9. The van der Waals surface area contributed by atoms with E-state index in [0.29, 0.717) is 24.6 Å². The second-order valence-corrected chi connectivity index (χ2v) is 8.55. The maximum atomic E-state index is 10.9. The van der Waals surface area contributed by atoms with Crippen molar-refractivity contribution in [3.05, 3.63) is 60.4 Å². The zero-order valence-electron chi connectivity index (χ0n) is 18.2. The first-order valence-corrected chi connectivity index (χ1v) is 11.8. The Balaban J connectivity index is 1.59. The van der Waals surface area contributed by atoms with Gasteiger partial charge in [0.15, 0.2) is 5.82 Å². The molecule has 4 aromatic rings. The van der Waals surface area contributed by atoms with Gasteiger partial charge in [0.25, 0.3) is 0 Å². The van der Waals surface area contributed by atoms with E-state index >= 15 is 0 Å². The minimum Gasteiger partial charge on any atom is -0.760 e. The highest BCUT2D eigenvalue weighted by Gasteiger charge is 2.19. The van der Waals surface area contributed by atoms with E-state index in [0.717, 1.165) is 46.5 Å². The van der Waals surface area contributed by atoms with Gasteiger partial charge in [0.1, 0.15) is 5.82 Å². The van der Waals surface area contributed by atoms with Crippen molar-refractivity contribution < 1.29 is 13.5 Å². The predicted octanol–water partition coefficient (Wildman–Crippen LogP) is 2.06. The van der Waals surface area contributed by atoms with Crippen molar-refractivity contribution in [1.29, 1.82) is 0 Å². The average molecular weight is 477 g/mol. The Kier molecular flexibility index (Phi) is 6.41. The lowest BCUT2D eigenvalue weighted by atomic mass is 10.0. The van der Waals surface area contributed by atoms with Crippen molar-refractivity contribution in [2.24, 2.45) is 0 Å². The molecular weight excluding hydrogens is 454 g/mol. The van der Waals surface area contributed by atoms with Crippen LogP contribution in [-0.4, -0.2) is 55.0 Å². The molecule has 2 aromatic carbocycles. The van der Waals surface area contributed by atoms with Gasteiger partial charge in [-0.15, -0.1) is 0 Å². The summed E-state index contributed by atoms with van der Waals surface area (Å²) in [7, 11) is 0. The van der Waals surface area contributed by atoms with E-state index in [-0.39, 0.29) is 12.5 Å². The van der Waals surface area contributed by atoms with Gasteiger partial charge in [-0.2, -0.15) is 0 Å². The zero-order chi connectivity index (χ0) is 23.5. The fourth-order valence-electron chi connectivity index (χ4n) is 3.89. The van der Waals surface area contributed by atoms with Crippen molar-refractivity contribution >= 4 is 33.9 Å². The molecule has 2 aromatic heterocycles. The van der Waals surface area contributed by atoms with Gasteiger partial charge in [-0.1, -0.05) is 24.3 Å². The van der Waals surface area contributed by atoms with Crippen LogP contribution in [0.1, 0.15) is 5.56 Å². The smallest absolute Gasteiger partial charge is 0.219 e. The summed E-state index contributed by atoms with van der Waals surface area (Å²) in [6.45, 7) is 2.98. The fraction of sp³-hybridized carbons (Fsp3) is 0.217. The highest BCUT2D eigenvalue weighted by molar-refractivity contribution is 7.77. The number of anilines is 2. The quantitative estimate of drug-likeness (QED) is 0.400. The zero-order valence-corrected chi connectivity index (χ0v) is 19.0. The molecule has 0 bridgehead atoms. The lowest BCUT2D eigenvalue weighted by Gasteiger charge is -2.29. The van der Waals surface area contributed by atoms with Crippen LogP contribution in [0.4, 0.5) is 11.8 Å². The van der Waals surface area contributed by atoms with E-state index in [4.69, 9.17) is 20.4 Å². The highest BCUT2D eigenvalue weighted by Crippen LogP contribution is 2.31. The summed E-state index contributed by atoms with van der Waals surface area (Å²) in [5.74, 6) is 1.54. The topological polar surface area (TPSA) is 142 Å². The standard InChI is InChI=1S/C23H23N7O3S/c24-23-25-13-18(14-26-23)21-28-20-11-17(16-3-1-2-15(10-16)12-27-34(31)32)4-5-19(20)22(29-21)30-6-8-33-9-7-30/h1-5,10-11,13-14,27H,6-9,12H2,(H,31,32)(H2,24,25,26)/p-1. The Bertz CT molecular complexity index is 1340. The van der Waals surface area contributed by atoms with Crippen LogP contribution >= 0.6 is 0 Å². The fourth-order valence-corrected chi connectivity index (χ4v) is 4.18. The molecule has 3 N–H and O–H groups in total. The first kappa shape index (κ1) is 22.3. The molecular formula is C23H22N7O3S-. The van der Waals surface area contributed by atoms with Gasteiger partial charge in [0, 0.05) is 48.7 Å². The lowest BCUT2D eigenvalue weighted by molar-refractivity contribution is 0.122. The number of nitrogens with two attached hydrogens (primary N) is 1. The summed E-state index contributed by atoms with van der Waals surface area (Å²) in [6, 6.07) is 13.8. The molecule has 0 radical (unpaired) electrons. The van der Waals surface area contributed by atoms with Crippen LogP contribution in [0.5, 0.6) is 0 Å². The third kappa shape index (κ3) is 4.87. The van der Waals surface area contributed by atoms with Crippen molar-refractivity contribution in [3.63, 3.8) is 0 Å². The molecule has 0 amide bonds. The van der Waals surface area contributed by atoms with E-state index in [2.05, 4.69) is 19.6 Å². The number of benzene rings is 2. The number of ether oxygens (including phenoxy) is 1. The van der Waals surface area contributed by atoms with Gasteiger partial charge >= 0.3 is 0 Å². The van der Waals surface area contributed by atoms with E-state index in [1.807, 2.05) is 42.5 Å². The minimum atomic E-state index is -2.31. The summed E-state index contributed by atoms with van der Waals surface area (Å²) >= 11 is -2.31. The van der Waals surface area contributed by atoms with Crippen molar-refractivity contribution in [1.82, 2.24) is 24.7 Å². The Labute approximate surface area is 198 Å². The normalized spacial score (nSPS) is 14.9. The molecule has 1 aliphatic heterocycles. The second-order valence-electron chi connectivity index (χ2n) is 7.79. The Morgan fingerprint density at radius 1 is 1.03 bits per heavy atom. The SMILES string of the molecule is Nc1ncc(-c2nc(N3CCOCC3)c3ccc(-c4cccc(CNS(=O)[O-])c4)cc3n2)cn1. The number of morpholine rings is 1. The van der Waals surface area contributed by atoms with Gasteiger partial charge in [-0.25, -0.2) is 24.7 Å². The van der Waals surface area contributed by atoms with Crippen LogP contribution in [0.3, 0.4) is 0 Å². The molecule has 174 valence electrons. The van der Waals surface area contributed by atoms with E-state index < -0.39 is 11.3 Å². The average Bonchev–Trinajstić information content (AvgIpc) is 2.87. The van der Waals surface area contributed by atoms with Crippen molar-refractivity contribution in [2.75, 3.05) is 36.9 Å². The Hall–Kier alpha value is -3.51. The molecule has 34 heavy (non-hydrogen) atoms. The number of aromatic nitrogens is 4. The van der Waals surface area contributed by atoms with Gasteiger partial charge < -0.3 is 19.9 Å².